The predicted molar refractivity (Wildman–Crippen MR) is 118 cm³/mol. The topological polar surface area (TPSA) is 12.0 Å². The Morgan fingerprint density at radius 3 is 2.68 bits per heavy atom. The molecule has 1 N–H and O–H groups in total. The molecule has 1 heterocycles. The fourth-order valence-corrected chi connectivity index (χ4v) is 6.01. The van der Waals surface area contributed by atoms with Crippen molar-refractivity contribution >= 4 is 23.4 Å². The van der Waals surface area contributed by atoms with Crippen LogP contribution in [-0.2, 0) is 25.0 Å². The van der Waals surface area contributed by atoms with Gasteiger partial charge in [0.05, 0.1) is 5.02 Å². The maximum Gasteiger partial charge on any atom is 0.126 e. The lowest BCUT2D eigenvalue weighted by molar-refractivity contribution is 0.353. The van der Waals surface area contributed by atoms with E-state index in [0.29, 0.717) is 5.92 Å². The van der Waals surface area contributed by atoms with Crippen LogP contribution in [0.5, 0.6) is 0 Å². The minimum atomic E-state index is -0.0362. The zero-order valence-electron chi connectivity index (χ0n) is 16.4. The van der Waals surface area contributed by atoms with Crippen LogP contribution in [0.25, 0.3) is 0 Å². The monoisotopic (exact) mass is 417 g/mol. The van der Waals surface area contributed by atoms with Gasteiger partial charge in [0.2, 0.25) is 0 Å². The summed E-state index contributed by atoms with van der Waals surface area (Å²) in [7, 11) is 0. The molecule has 0 radical (unpaired) electrons. The van der Waals surface area contributed by atoms with E-state index in [9.17, 15) is 4.39 Å². The van der Waals surface area contributed by atoms with Crippen LogP contribution in [0.15, 0.2) is 35.2 Å². The Hall–Kier alpha value is -1.03. The first-order valence-corrected chi connectivity index (χ1v) is 12.0. The number of rotatable bonds is 5. The van der Waals surface area contributed by atoms with E-state index in [1.807, 2.05) is 12.1 Å². The Morgan fingerprint density at radius 1 is 1.04 bits per heavy atom. The molecule has 2 aliphatic rings. The number of thioether (sulfide) groups is 1. The molecule has 1 fully saturated rings. The minimum absolute atomic E-state index is 0.0362. The summed E-state index contributed by atoms with van der Waals surface area (Å²) in [5.74, 6) is 1.38. The summed E-state index contributed by atoms with van der Waals surface area (Å²) in [6.45, 7) is 2.01. The zero-order valence-corrected chi connectivity index (χ0v) is 18.0. The fourth-order valence-electron chi connectivity index (χ4n) is 4.57. The Morgan fingerprint density at radius 2 is 1.86 bits per heavy atom. The Bertz CT molecular complexity index is 816. The van der Waals surface area contributed by atoms with Crippen molar-refractivity contribution < 1.29 is 4.39 Å². The van der Waals surface area contributed by atoms with Gasteiger partial charge in [0.25, 0.3) is 0 Å². The highest BCUT2D eigenvalue weighted by molar-refractivity contribution is 7.98. The Kier molecular flexibility index (Phi) is 6.98. The van der Waals surface area contributed by atoms with Crippen LogP contribution < -0.4 is 5.32 Å². The SMILES string of the molecule is Fc1cc(CSc2c(Cl)ccc3c2CCNCC3)ccc1CC1CCCCC1. The van der Waals surface area contributed by atoms with Gasteiger partial charge in [-0.3, -0.25) is 0 Å². The van der Waals surface area contributed by atoms with Crippen molar-refractivity contribution in [3.05, 3.63) is 63.4 Å². The fraction of sp³-hybridized carbons (Fsp3) is 0.500. The first kappa shape index (κ1) is 20.3. The molecule has 0 amide bonds. The second-order valence-corrected chi connectivity index (χ2v) is 9.58. The first-order chi connectivity index (χ1) is 13.7. The van der Waals surface area contributed by atoms with Gasteiger partial charge in [-0.1, -0.05) is 61.9 Å². The molecule has 0 bridgehead atoms. The number of hydrogen-bond acceptors (Lipinski definition) is 2. The molecule has 0 saturated heterocycles. The molecular formula is C24H29ClFNS. The summed E-state index contributed by atoms with van der Waals surface area (Å²) in [5.41, 5.74) is 4.69. The van der Waals surface area contributed by atoms with E-state index in [4.69, 9.17) is 11.6 Å². The van der Waals surface area contributed by atoms with Crippen LogP contribution in [0, 0.1) is 11.7 Å². The molecular weight excluding hydrogens is 389 g/mol. The van der Waals surface area contributed by atoms with Crippen molar-refractivity contribution in [2.75, 3.05) is 13.1 Å². The lowest BCUT2D eigenvalue weighted by atomic mass is 9.84. The van der Waals surface area contributed by atoms with Gasteiger partial charge in [-0.2, -0.15) is 0 Å². The van der Waals surface area contributed by atoms with Gasteiger partial charge in [-0.05, 0) is 72.7 Å². The van der Waals surface area contributed by atoms with Gasteiger partial charge >= 0.3 is 0 Å². The van der Waals surface area contributed by atoms with Crippen molar-refractivity contribution in [1.82, 2.24) is 5.32 Å². The molecule has 1 nitrogen and oxygen atoms in total. The van der Waals surface area contributed by atoms with Crippen molar-refractivity contribution in [3.8, 4) is 0 Å². The summed E-state index contributed by atoms with van der Waals surface area (Å²) >= 11 is 8.28. The molecule has 2 aromatic carbocycles. The normalized spacial score (nSPS) is 17.9. The van der Waals surface area contributed by atoms with E-state index >= 15 is 0 Å². The third-order valence-electron chi connectivity index (χ3n) is 6.17. The summed E-state index contributed by atoms with van der Waals surface area (Å²) in [5, 5.41) is 4.28. The van der Waals surface area contributed by atoms with E-state index in [1.165, 1.54) is 48.1 Å². The highest BCUT2D eigenvalue weighted by Gasteiger charge is 2.17. The molecule has 1 aliphatic heterocycles. The molecule has 28 heavy (non-hydrogen) atoms. The van der Waals surface area contributed by atoms with E-state index in [2.05, 4.69) is 17.4 Å². The quantitative estimate of drug-likeness (QED) is 0.551. The number of halogens is 2. The minimum Gasteiger partial charge on any atom is -0.316 e. The maximum atomic E-state index is 14.7. The lowest BCUT2D eigenvalue weighted by Crippen LogP contribution is -2.16. The standard InChI is InChI=1S/C24H29ClFNS/c25-22-9-8-19-10-12-27-13-11-21(19)24(22)28-16-18-6-7-20(23(26)15-18)14-17-4-2-1-3-5-17/h6-9,15,17,27H,1-5,10-14,16H2. The average molecular weight is 418 g/mol. The van der Waals surface area contributed by atoms with Gasteiger partial charge in [0, 0.05) is 10.6 Å². The third kappa shape index (κ3) is 4.93. The summed E-state index contributed by atoms with van der Waals surface area (Å²) in [6.07, 6.45) is 9.41. The van der Waals surface area contributed by atoms with E-state index in [1.54, 1.807) is 17.8 Å². The van der Waals surface area contributed by atoms with Gasteiger partial charge in [-0.25, -0.2) is 4.39 Å². The predicted octanol–water partition coefficient (Wildman–Crippen LogP) is 6.58. The van der Waals surface area contributed by atoms with Gasteiger partial charge in [-0.15, -0.1) is 11.8 Å². The van der Waals surface area contributed by atoms with E-state index < -0.39 is 0 Å². The number of nitrogens with one attached hydrogen (secondary N) is 1. The third-order valence-corrected chi connectivity index (χ3v) is 7.83. The van der Waals surface area contributed by atoms with Crippen LogP contribution in [0.4, 0.5) is 4.39 Å². The van der Waals surface area contributed by atoms with Gasteiger partial charge < -0.3 is 5.32 Å². The maximum absolute atomic E-state index is 14.7. The highest BCUT2D eigenvalue weighted by Crippen LogP contribution is 2.36. The van der Waals surface area contributed by atoms with Crippen molar-refractivity contribution in [2.24, 2.45) is 5.92 Å². The van der Waals surface area contributed by atoms with Crippen LogP contribution >= 0.6 is 23.4 Å². The molecule has 0 unspecified atom stereocenters. The Labute approximate surface area is 177 Å². The molecule has 4 heteroatoms. The number of hydrogen-bond donors (Lipinski definition) is 1. The van der Waals surface area contributed by atoms with E-state index in [0.717, 1.165) is 54.3 Å². The summed E-state index contributed by atoms with van der Waals surface area (Å²) < 4.78 is 14.7. The largest absolute Gasteiger partial charge is 0.316 e. The zero-order chi connectivity index (χ0) is 19.3. The number of benzene rings is 2. The van der Waals surface area contributed by atoms with Crippen molar-refractivity contribution in [1.29, 1.82) is 0 Å². The number of fused-ring (bicyclic) bond motifs is 1. The van der Waals surface area contributed by atoms with Crippen LogP contribution in [-0.4, -0.2) is 13.1 Å². The molecule has 150 valence electrons. The second kappa shape index (κ2) is 9.65. The Balaban J connectivity index is 1.44. The van der Waals surface area contributed by atoms with Crippen molar-refractivity contribution in [3.63, 3.8) is 0 Å². The average Bonchev–Trinajstić information content (AvgIpc) is 2.95. The molecule has 0 spiro atoms. The lowest BCUT2D eigenvalue weighted by Gasteiger charge is -2.21. The highest BCUT2D eigenvalue weighted by atomic mass is 35.5. The van der Waals surface area contributed by atoms with E-state index in [-0.39, 0.29) is 5.82 Å². The van der Waals surface area contributed by atoms with Gasteiger partial charge in [0.15, 0.2) is 0 Å². The molecule has 1 saturated carbocycles. The molecule has 4 rings (SSSR count). The van der Waals surface area contributed by atoms with Crippen LogP contribution in [0.1, 0.15) is 54.4 Å². The summed E-state index contributed by atoms with van der Waals surface area (Å²) in [6, 6.07) is 10.0. The van der Waals surface area contributed by atoms with Crippen LogP contribution in [0.2, 0.25) is 5.02 Å². The van der Waals surface area contributed by atoms with Gasteiger partial charge in [0.1, 0.15) is 5.82 Å². The van der Waals surface area contributed by atoms with Crippen LogP contribution in [0.3, 0.4) is 0 Å². The molecule has 0 aromatic heterocycles. The first-order valence-electron chi connectivity index (χ1n) is 10.6. The molecule has 0 atom stereocenters. The molecule has 2 aromatic rings. The smallest absolute Gasteiger partial charge is 0.126 e. The second-order valence-electron chi connectivity index (χ2n) is 8.19. The van der Waals surface area contributed by atoms with Crippen molar-refractivity contribution in [2.45, 2.75) is 62.0 Å². The molecule has 1 aliphatic carbocycles. The summed E-state index contributed by atoms with van der Waals surface area (Å²) in [4.78, 5) is 1.18.